The number of nitrogens with two attached hydrogens (primary N) is 1. The van der Waals surface area contributed by atoms with Crippen molar-refractivity contribution in [3.8, 4) is 35.2 Å². The maximum Gasteiger partial charge on any atom is 0.407 e. The molecule has 2 aliphatic carbocycles. The summed E-state index contributed by atoms with van der Waals surface area (Å²) in [4.78, 5) is 167. The third-order valence-electron chi connectivity index (χ3n) is 26.2. The molecule has 5 fully saturated rings. The average molecular weight is 2110 g/mol. The summed E-state index contributed by atoms with van der Waals surface area (Å²) in [6.07, 6.45) is -9.58. The van der Waals surface area contributed by atoms with Gasteiger partial charge in [-0.05, 0) is 182 Å². The number of thioether (sulfide) groups is 1. The van der Waals surface area contributed by atoms with Crippen LogP contribution >= 0.6 is 55.9 Å². The van der Waals surface area contributed by atoms with Crippen LogP contribution in [0.1, 0.15) is 233 Å². The van der Waals surface area contributed by atoms with Gasteiger partial charge in [0.1, 0.15) is 72.1 Å². The van der Waals surface area contributed by atoms with Gasteiger partial charge in [0.15, 0.2) is 36.0 Å². The van der Waals surface area contributed by atoms with Gasteiger partial charge in [0.25, 0.3) is 0 Å². The molecule has 5 aliphatic heterocycles. The van der Waals surface area contributed by atoms with Crippen molar-refractivity contribution in [3.63, 3.8) is 0 Å². The van der Waals surface area contributed by atoms with Gasteiger partial charge in [-0.25, -0.2) is 9.59 Å². The van der Waals surface area contributed by atoms with Crippen molar-refractivity contribution in [1.82, 2.24) is 26.3 Å². The van der Waals surface area contributed by atoms with E-state index < -0.39 is 155 Å². The predicted molar refractivity (Wildman–Crippen MR) is 529 cm³/mol. The summed E-state index contributed by atoms with van der Waals surface area (Å²) >= 11 is 2.89. The molecule has 23 atom stereocenters. The van der Waals surface area contributed by atoms with E-state index in [1.807, 2.05) is 78.0 Å². The lowest BCUT2D eigenvalue weighted by atomic mass is 9.72. The zero-order valence-corrected chi connectivity index (χ0v) is 87.1. The van der Waals surface area contributed by atoms with Crippen molar-refractivity contribution >= 4 is 131 Å². The Morgan fingerprint density at radius 3 is 2.15 bits per heavy atom. The molecule has 7 amide bonds. The van der Waals surface area contributed by atoms with Crippen LogP contribution in [0.2, 0.25) is 0 Å². The first kappa shape index (κ1) is 115. The van der Waals surface area contributed by atoms with Gasteiger partial charge in [-0.2, -0.15) is 5.48 Å². The van der Waals surface area contributed by atoms with E-state index in [4.69, 9.17) is 57.9 Å². The van der Waals surface area contributed by atoms with E-state index in [1.54, 1.807) is 65.0 Å². The maximum atomic E-state index is 14.6. The zero-order valence-electron chi connectivity index (χ0n) is 82.5. The van der Waals surface area contributed by atoms with Crippen LogP contribution in [0.3, 0.4) is 0 Å². The highest BCUT2D eigenvalue weighted by Gasteiger charge is 2.53. The van der Waals surface area contributed by atoms with Crippen molar-refractivity contribution in [2.75, 3.05) is 51.5 Å². The standard InChI is InChI=1S/C100H140IN7O28S3/c1-18-53(2)81(106-74(115)31-23-21-25-42-108-75(116)48-69(92(108)121)98(11,12)13)70(112)47-63(28-26-40-103-96(102)123)91(120)105-65-34-32-62(33-35-65)51-129-97(124)104-41-27-29-66(111)36-39-99(14,15)139-137-43-37-68-79-67(46-56(5)110)72(114)50-100(68,125)38-24-20-19-22-30-73(79)133-95-89(134-76-44-54(3)64(52-128-76)45-55(4)109)84(118)82(59(8)131-95)107-136-77-49-71(113)90(61(10)130-77)138-93(122)78-57(6)80(101)87(58(7)86(78)126-16)135-94-85(119)88(127-17)83(117)60(9)132-94/h19-20,32-35,37,53-54,59-61,63-64,69,71,73,76-77,81-85,88-90,94-95,107,113,117-119,125H,18,21,23,25-29,31,36,39-52H2,1-17H3,(H,104,124)(H,105,120)(H,106,115)(H3,102,103,123)/b20-19-,68-37-/t53?,54?,59?,60?,61?,63-,64?,69?,71?,73+,76?,77?,81+,82?,83?,84?,85?,88?,89?,90?,94?,95?,100+/m1/s1. The number of urea groups is 1. The second kappa shape index (κ2) is 53.2. The van der Waals surface area contributed by atoms with Gasteiger partial charge in [-0.3, -0.25) is 52.9 Å². The first-order valence-corrected chi connectivity index (χ1v) is 51.9. The second-order valence-corrected chi connectivity index (χ2v) is 44.0. The maximum absolute atomic E-state index is 14.6. The molecule has 35 nitrogen and oxygen atoms in total. The number of Topliss-reactive ketones (excluding diaryl/α,β-unsaturated/α-hetero) is 5. The molecule has 139 heavy (non-hydrogen) atoms. The number of anilines is 1. The molecular weight excluding hydrogens is 1970 g/mol. The number of fused-ring (bicyclic) bond motifs is 2. The van der Waals surface area contributed by atoms with Crippen molar-refractivity contribution in [2.24, 2.45) is 40.7 Å². The molecule has 12 N–H and O–H groups in total. The van der Waals surface area contributed by atoms with Crippen LogP contribution in [0.25, 0.3) is 0 Å². The monoisotopic (exact) mass is 2110 g/mol. The smallest absolute Gasteiger partial charge is 0.407 e. The number of imide groups is 1. The molecule has 0 saturated carbocycles. The van der Waals surface area contributed by atoms with E-state index in [1.165, 1.54) is 66.7 Å². The fourth-order valence-corrected chi connectivity index (χ4v) is 22.2. The fourth-order valence-electron chi connectivity index (χ4n) is 17.8. The molecule has 7 aliphatic rings. The van der Waals surface area contributed by atoms with Crippen LogP contribution in [0.15, 0.2) is 59.2 Å². The molecule has 2 aromatic carbocycles. The lowest BCUT2D eigenvalue weighted by Crippen LogP contribution is -2.64. The van der Waals surface area contributed by atoms with E-state index in [0.29, 0.717) is 70.9 Å². The van der Waals surface area contributed by atoms with Crippen LogP contribution in [0.5, 0.6) is 11.5 Å². The number of alkyl carbamates (subject to hydrolysis) is 1. The van der Waals surface area contributed by atoms with Crippen LogP contribution in [0.4, 0.5) is 15.3 Å². The molecule has 19 unspecified atom stereocenters. The Kier molecular flexibility index (Phi) is 43.9. The zero-order chi connectivity index (χ0) is 102. The third kappa shape index (κ3) is 32.1. The number of unbranched alkanes of at least 4 members (excludes halogenated alkanes) is 2. The predicted octanol–water partition coefficient (Wildman–Crippen LogP) is 10.4. The van der Waals surface area contributed by atoms with E-state index in [2.05, 4.69) is 50.4 Å². The minimum atomic E-state index is -2.14. The second-order valence-electron chi connectivity index (χ2n) is 38.7. The van der Waals surface area contributed by atoms with Crippen LogP contribution < -0.4 is 42.0 Å². The number of ketones is 5. The summed E-state index contributed by atoms with van der Waals surface area (Å²) in [7, 11) is 5.65. The van der Waals surface area contributed by atoms with Gasteiger partial charge in [0.2, 0.25) is 35.0 Å². The van der Waals surface area contributed by atoms with Gasteiger partial charge < -0.3 is 105 Å². The number of allylic oxidation sites excluding steroid dienone is 3. The number of hydroxylamine groups is 1. The van der Waals surface area contributed by atoms with Crippen LogP contribution in [-0.4, -0.2) is 260 Å². The van der Waals surface area contributed by atoms with Gasteiger partial charge >= 0.3 is 12.1 Å². The van der Waals surface area contributed by atoms with Crippen LogP contribution in [0, 0.1) is 76.1 Å². The van der Waals surface area contributed by atoms with Gasteiger partial charge in [-0.1, -0.05) is 130 Å². The summed E-state index contributed by atoms with van der Waals surface area (Å²) in [5, 5.41) is 68.8. The third-order valence-corrected chi connectivity index (χ3v) is 32.1. The minimum Gasteiger partial charge on any atom is -0.496 e. The summed E-state index contributed by atoms with van der Waals surface area (Å²) in [5.74, 6) is 8.13. The highest BCUT2D eigenvalue weighted by atomic mass is 127. The summed E-state index contributed by atoms with van der Waals surface area (Å²) in [6, 6.07) is 3.80. The topological polar surface area (TPSA) is 497 Å². The van der Waals surface area contributed by atoms with Crippen LogP contribution in [-0.2, 0) is 92.5 Å². The number of aliphatic hydroxyl groups excluding tert-OH is 4. The Bertz CT molecular complexity index is 4920. The summed E-state index contributed by atoms with van der Waals surface area (Å²) in [6.45, 7) is 27.2. The molecule has 0 radical (unpaired) electrons. The molecule has 0 aromatic heterocycles. The molecule has 39 heteroatoms. The van der Waals surface area contributed by atoms with Crippen molar-refractivity contribution < 1.29 is 135 Å². The Labute approximate surface area is 839 Å². The van der Waals surface area contributed by atoms with Gasteiger partial charge in [0.05, 0.1) is 76.9 Å². The summed E-state index contributed by atoms with van der Waals surface area (Å²) in [5.41, 5.74) is 8.04. The number of amides is 7. The summed E-state index contributed by atoms with van der Waals surface area (Å²) < 4.78 is 61.8. The highest BCUT2D eigenvalue weighted by Crippen LogP contribution is 2.48. The Morgan fingerprint density at radius 2 is 1.50 bits per heavy atom. The number of benzene rings is 2. The SMILES string of the molecule is CCC(C)[C@H](NC(=O)CCCCCN1C(=O)CC(C(C)(C)C)C1=O)C(=O)C[C@@H](CCCNC(N)=O)C(=O)Nc1ccc(COC(=O)NCCCC(=O)CCC(C)(C)SSC/C=C2/C3=C(CC(C)=O)C(=O)C[C@@]2(O)C#C/C=C\C#C[C@@H]3OC2OC(C)C(NOC3CC(O)C(SC(=O)c4c(C)c(I)c(OC5OC(C)C(O)C(OC)C5O)c(C)c4OC)C(C)O3)C(O)C2OC2CC(C)C(CC(C)=O)CO2)cc1. The number of nitrogens with zero attached hydrogens (tertiary/aromatic N) is 1. The Hall–Kier alpha value is -7.76. The number of methoxy groups -OCH3 is 2. The first-order chi connectivity index (χ1) is 65.7. The Morgan fingerprint density at radius 1 is 0.791 bits per heavy atom. The number of hydrogen-bond acceptors (Lipinski definition) is 32. The Balaban J connectivity index is 0.776. The molecular formula is C100H140IN7O28S3. The number of aliphatic hydroxyl groups is 5. The number of rotatable bonds is 48. The number of carbonyl (C=O) groups is 12. The average Bonchev–Trinajstić information content (AvgIpc) is 1.45. The minimum absolute atomic E-state index is 0.0103. The molecule has 9 rings (SSSR count). The molecule has 2 aromatic rings. The number of halogens is 1. The number of carbonyl (C=O) groups excluding carboxylic acids is 12. The molecule has 768 valence electrons. The number of nitrogens with one attached hydrogen (secondary N) is 5. The largest absolute Gasteiger partial charge is 0.496 e. The number of ether oxygens (including phenoxy) is 10. The first-order valence-electron chi connectivity index (χ1n) is 47.7. The van der Waals surface area contributed by atoms with Crippen molar-refractivity contribution in [3.05, 3.63) is 85.0 Å². The van der Waals surface area contributed by atoms with E-state index in [9.17, 15) is 83.1 Å². The lowest BCUT2D eigenvalue weighted by Gasteiger charge is -2.46. The highest BCUT2D eigenvalue weighted by molar-refractivity contribution is 14.1. The lowest BCUT2D eigenvalue weighted by molar-refractivity contribution is -0.335. The normalized spacial score (nSPS) is 28.3. The quantitative estimate of drug-likeness (QED) is 0.00732. The van der Waals surface area contributed by atoms with E-state index in [0.717, 1.165) is 11.8 Å². The van der Waals surface area contributed by atoms with E-state index >= 15 is 0 Å². The van der Waals surface area contributed by atoms with Crippen molar-refractivity contribution in [2.45, 2.75) is 340 Å². The number of likely N-dealkylation sites (tertiary alicyclic amines) is 1. The number of primary amides is 1. The van der Waals surface area contributed by atoms with E-state index in [-0.39, 0.29) is 207 Å². The van der Waals surface area contributed by atoms with Crippen molar-refractivity contribution in [1.29, 1.82) is 0 Å². The molecule has 2 bridgehead atoms. The molecule has 5 saturated heterocycles. The molecule has 5 heterocycles. The number of hydrogen-bond donors (Lipinski definition) is 11. The molecule has 0 spiro atoms. The van der Waals surface area contributed by atoms with Gasteiger partial charge in [-0.15, -0.1) is 0 Å². The fraction of sp³-hybridized carbons (Fsp3) is 0.660. The van der Waals surface area contributed by atoms with Gasteiger partial charge in [0, 0.05) is 129 Å².